The average molecular weight is 314 g/mol. The monoisotopic (exact) mass is 313 g/mol. The molecular formula is C13H16BrNO3. The molecular weight excluding hydrogens is 298 g/mol. The topological polar surface area (TPSA) is 49.8 Å². The summed E-state index contributed by atoms with van der Waals surface area (Å²) < 4.78 is 6.29. The van der Waals surface area contributed by atoms with Crippen molar-refractivity contribution in [1.29, 1.82) is 0 Å². The molecule has 2 rings (SSSR count). The van der Waals surface area contributed by atoms with E-state index in [2.05, 4.69) is 15.9 Å². The van der Waals surface area contributed by atoms with Crippen molar-refractivity contribution in [3.8, 4) is 5.75 Å². The van der Waals surface area contributed by atoms with Crippen molar-refractivity contribution in [2.45, 2.75) is 19.4 Å². The lowest BCUT2D eigenvalue weighted by Crippen LogP contribution is -2.32. The van der Waals surface area contributed by atoms with E-state index in [9.17, 15) is 9.90 Å². The SMILES string of the molecule is O=C(COc1c(Br)cccc1CO)N1CCCC1. The normalized spacial score (nSPS) is 14.9. The van der Waals surface area contributed by atoms with Crippen molar-refractivity contribution >= 4 is 21.8 Å². The lowest BCUT2D eigenvalue weighted by Gasteiger charge is -2.17. The van der Waals surface area contributed by atoms with Crippen LogP contribution in [0.2, 0.25) is 0 Å². The number of ether oxygens (including phenoxy) is 1. The molecule has 1 aromatic carbocycles. The van der Waals surface area contributed by atoms with Crippen LogP contribution in [-0.2, 0) is 11.4 Å². The molecule has 1 aromatic rings. The molecule has 0 atom stereocenters. The smallest absolute Gasteiger partial charge is 0.260 e. The number of carbonyl (C=O) groups excluding carboxylic acids is 1. The largest absolute Gasteiger partial charge is 0.482 e. The Labute approximate surface area is 115 Å². The summed E-state index contributed by atoms with van der Waals surface area (Å²) in [5, 5.41) is 9.22. The highest BCUT2D eigenvalue weighted by Gasteiger charge is 2.19. The summed E-state index contributed by atoms with van der Waals surface area (Å²) >= 11 is 3.36. The molecule has 1 amide bonds. The zero-order valence-corrected chi connectivity index (χ0v) is 11.6. The average Bonchev–Trinajstić information content (AvgIpc) is 2.90. The summed E-state index contributed by atoms with van der Waals surface area (Å²) in [5.41, 5.74) is 0.679. The van der Waals surface area contributed by atoms with Gasteiger partial charge in [-0.3, -0.25) is 4.79 Å². The Hall–Kier alpha value is -1.07. The first-order valence-corrected chi connectivity index (χ1v) is 6.80. The molecule has 1 aliphatic heterocycles. The van der Waals surface area contributed by atoms with Crippen LogP contribution in [0.15, 0.2) is 22.7 Å². The van der Waals surface area contributed by atoms with E-state index in [-0.39, 0.29) is 19.1 Å². The first kappa shape index (κ1) is 13.4. The number of rotatable bonds is 4. The highest BCUT2D eigenvalue weighted by Crippen LogP contribution is 2.29. The summed E-state index contributed by atoms with van der Waals surface area (Å²) in [7, 11) is 0. The Balaban J connectivity index is 1.99. The number of nitrogens with zero attached hydrogens (tertiary/aromatic N) is 1. The molecule has 0 radical (unpaired) electrons. The van der Waals surface area contributed by atoms with Crippen molar-refractivity contribution < 1.29 is 14.6 Å². The molecule has 1 fully saturated rings. The zero-order valence-electron chi connectivity index (χ0n) is 10.1. The third-order valence-corrected chi connectivity index (χ3v) is 3.64. The van der Waals surface area contributed by atoms with Crippen molar-refractivity contribution in [2.75, 3.05) is 19.7 Å². The van der Waals surface area contributed by atoms with Gasteiger partial charge in [-0.25, -0.2) is 0 Å². The molecule has 0 aliphatic carbocycles. The van der Waals surface area contributed by atoms with Gasteiger partial charge >= 0.3 is 0 Å². The van der Waals surface area contributed by atoms with E-state index in [0.717, 1.165) is 30.4 Å². The molecule has 0 aromatic heterocycles. The van der Waals surface area contributed by atoms with Gasteiger partial charge in [0.25, 0.3) is 5.91 Å². The van der Waals surface area contributed by atoms with Gasteiger partial charge < -0.3 is 14.7 Å². The number of carbonyl (C=O) groups is 1. The van der Waals surface area contributed by atoms with E-state index in [1.807, 2.05) is 17.0 Å². The van der Waals surface area contributed by atoms with E-state index >= 15 is 0 Å². The maximum Gasteiger partial charge on any atom is 0.260 e. The Kier molecular flexibility index (Phi) is 4.60. The fourth-order valence-corrected chi connectivity index (χ4v) is 2.55. The number of aliphatic hydroxyl groups is 1. The number of amides is 1. The van der Waals surface area contributed by atoms with Gasteiger partial charge in [0, 0.05) is 18.7 Å². The Bertz CT molecular complexity index is 430. The van der Waals surface area contributed by atoms with Crippen molar-refractivity contribution in [3.05, 3.63) is 28.2 Å². The summed E-state index contributed by atoms with van der Waals surface area (Å²) in [6, 6.07) is 5.43. The van der Waals surface area contributed by atoms with E-state index in [1.165, 1.54) is 0 Å². The molecule has 1 aliphatic rings. The minimum Gasteiger partial charge on any atom is -0.482 e. The Morgan fingerprint density at radius 1 is 1.39 bits per heavy atom. The molecule has 0 bridgehead atoms. The minimum atomic E-state index is -0.104. The summed E-state index contributed by atoms with van der Waals surface area (Å²) in [6.45, 7) is 1.57. The van der Waals surface area contributed by atoms with Crippen molar-refractivity contribution in [3.63, 3.8) is 0 Å². The minimum absolute atomic E-state index is 0.00661. The third kappa shape index (κ3) is 3.03. The molecule has 18 heavy (non-hydrogen) atoms. The fraction of sp³-hybridized carbons (Fsp3) is 0.462. The Morgan fingerprint density at radius 2 is 2.11 bits per heavy atom. The second-order valence-electron chi connectivity index (χ2n) is 4.26. The van der Waals surface area contributed by atoms with Crippen LogP contribution in [0, 0.1) is 0 Å². The van der Waals surface area contributed by atoms with Gasteiger partial charge in [-0.15, -0.1) is 0 Å². The van der Waals surface area contributed by atoms with Crippen LogP contribution in [-0.4, -0.2) is 35.6 Å². The van der Waals surface area contributed by atoms with Gasteiger partial charge in [-0.1, -0.05) is 12.1 Å². The summed E-state index contributed by atoms with van der Waals surface area (Å²) in [4.78, 5) is 13.7. The molecule has 0 saturated carbocycles. The fourth-order valence-electron chi connectivity index (χ4n) is 2.03. The van der Waals surface area contributed by atoms with E-state index < -0.39 is 0 Å². The molecule has 0 unspecified atom stereocenters. The first-order chi connectivity index (χ1) is 8.72. The second-order valence-corrected chi connectivity index (χ2v) is 5.12. The maximum absolute atomic E-state index is 11.9. The predicted molar refractivity (Wildman–Crippen MR) is 71.4 cm³/mol. The summed E-state index contributed by atoms with van der Waals surface area (Å²) in [5.74, 6) is 0.555. The number of aliphatic hydroxyl groups excluding tert-OH is 1. The molecule has 5 heteroatoms. The molecule has 1 heterocycles. The van der Waals surface area contributed by atoms with Gasteiger partial charge in [0.05, 0.1) is 11.1 Å². The highest BCUT2D eigenvalue weighted by molar-refractivity contribution is 9.10. The molecule has 0 spiro atoms. The van der Waals surface area contributed by atoms with E-state index in [4.69, 9.17) is 4.74 Å². The van der Waals surface area contributed by atoms with Crippen molar-refractivity contribution in [1.82, 2.24) is 4.90 Å². The molecule has 4 nitrogen and oxygen atoms in total. The number of benzene rings is 1. The highest BCUT2D eigenvalue weighted by atomic mass is 79.9. The first-order valence-electron chi connectivity index (χ1n) is 6.01. The van der Waals surface area contributed by atoms with Crippen LogP contribution >= 0.6 is 15.9 Å². The van der Waals surface area contributed by atoms with E-state index in [0.29, 0.717) is 11.3 Å². The lowest BCUT2D eigenvalue weighted by molar-refractivity contribution is -0.132. The number of para-hydroxylation sites is 1. The van der Waals surface area contributed by atoms with Crippen LogP contribution in [0.3, 0.4) is 0 Å². The molecule has 98 valence electrons. The zero-order chi connectivity index (χ0) is 13.0. The lowest BCUT2D eigenvalue weighted by atomic mass is 10.2. The van der Waals surface area contributed by atoms with Crippen LogP contribution in [0.25, 0.3) is 0 Å². The van der Waals surface area contributed by atoms with Gasteiger partial charge in [0.2, 0.25) is 0 Å². The standard InChI is InChI=1S/C13H16BrNO3/c14-11-5-3-4-10(8-16)13(11)18-9-12(17)15-6-1-2-7-15/h3-5,16H,1-2,6-9H2. The van der Waals surface area contributed by atoms with Crippen LogP contribution in [0.4, 0.5) is 0 Å². The van der Waals surface area contributed by atoms with Crippen LogP contribution < -0.4 is 4.74 Å². The second kappa shape index (κ2) is 6.20. The van der Waals surface area contributed by atoms with Gasteiger partial charge in [-0.05, 0) is 34.8 Å². The summed E-state index contributed by atoms with van der Waals surface area (Å²) in [6.07, 6.45) is 2.14. The molecule has 1 N–H and O–H groups in total. The van der Waals surface area contributed by atoms with Gasteiger partial charge in [0.15, 0.2) is 6.61 Å². The van der Waals surface area contributed by atoms with Gasteiger partial charge in [0.1, 0.15) is 5.75 Å². The maximum atomic E-state index is 11.9. The van der Waals surface area contributed by atoms with Crippen molar-refractivity contribution in [2.24, 2.45) is 0 Å². The Morgan fingerprint density at radius 3 is 2.78 bits per heavy atom. The predicted octanol–water partition coefficient (Wildman–Crippen LogP) is 1.94. The number of halogens is 1. The molecule has 1 saturated heterocycles. The van der Waals surface area contributed by atoms with Gasteiger partial charge in [-0.2, -0.15) is 0 Å². The number of hydrogen-bond acceptors (Lipinski definition) is 3. The van der Waals surface area contributed by atoms with E-state index in [1.54, 1.807) is 6.07 Å². The third-order valence-electron chi connectivity index (χ3n) is 3.02. The quantitative estimate of drug-likeness (QED) is 0.924. The number of hydrogen-bond donors (Lipinski definition) is 1. The van der Waals surface area contributed by atoms with Crippen LogP contribution in [0.1, 0.15) is 18.4 Å². The van der Waals surface area contributed by atoms with Crippen LogP contribution in [0.5, 0.6) is 5.75 Å². The number of likely N-dealkylation sites (tertiary alicyclic amines) is 1.